The topological polar surface area (TPSA) is 95.1 Å². The number of piperidine rings is 1. The number of pyridine rings is 1. The summed E-state index contributed by atoms with van der Waals surface area (Å²) in [5.74, 6) is -0.144. The van der Waals surface area contributed by atoms with Crippen molar-refractivity contribution < 1.29 is 27.9 Å². The minimum atomic E-state index is -4.60. The Kier molecular flexibility index (Phi) is 6.26. The number of imidazole rings is 1. The number of hydrogen-bond donors (Lipinski definition) is 2. The molecule has 0 atom stereocenters. The van der Waals surface area contributed by atoms with E-state index in [-0.39, 0.29) is 37.6 Å². The second-order valence-corrected chi connectivity index (χ2v) is 11.2. The van der Waals surface area contributed by atoms with Crippen LogP contribution in [-0.4, -0.2) is 73.6 Å². The van der Waals surface area contributed by atoms with Crippen molar-refractivity contribution in [1.82, 2.24) is 29.1 Å². The van der Waals surface area contributed by atoms with Crippen molar-refractivity contribution in [3.8, 4) is 0 Å². The SMILES string of the molecule is O=C1NCC(c2cn3c4c(cc(C(F)(F)F)cc24)CN(C(=O)N2CCC(CO)CC2)CC3)=C1c1cnc2ccccn12. The van der Waals surface area contributed by atoms with Gasteiger partial charge in [0, 0.05) is 69.2 Å². The molecule has 0 bridgehead atoms. The highest BCUT2D eigenvalue weighted by atomic mass is 19.4. The Balaban J connectivity index is 1.34. The Labute approximate surface area is 238 Å². The minimum absolute atomic E-state index is 0.0407. The normalized spacial score (nSPS) is 18.3. The molecule has 3 aliphatic heterocycles. The lowest BCUT2D eigenvalue weighted by Gasteiger charge is -2.35. The lowest BCUT2D eigenvalue weighted by atomic mass is 9.96. The molecule has 218 valence electrons. The fourth-order valence-corrected chi connectivity index (χ4v) is 6.51. The number of amides is 3. The van der Waals surface area contributed by atoms with E-state index in [1.807, 2.05) is 29.0 Å². The zero-order valence-electron chi connectivity index (χ0n) is 22.7. The van der Waals surface area contributed by atoms with Crippen molar-refractivity contribution in [3.63, 3.8) is 0 Å². The molecule has 42 heavy (non-hydrogen) atoms. The molecule has 7 rings (SSSR count). The first kappa shape index (κ1) is 26.6. The summed E-state index contributed by atoms with van der Waals surface area (Å²) in [6.07, 6.45) is 2.02. The molecule has 1 saturated heterocycles. The summed E-state index contributed by atoms with van der Waals surface area (Å²) < 4.78 is 46.3. The van der Waals surface area contributed by atoms with E-state index in [0.29, 0.717) is 83.5 Å². The summed E-state index contributed by atoms with van der Waals surface area (Å²) in [5, 5.41) is 12.7. The lowest BCUT2D eigenvalue weighted by Crippen LogP contribution is -2.47. The number of likely N-dealkylation sites (tertiary alicyclic amines) is 1. The summed E-state index contributed by atoms with van der Waals surface area (Å²) in [4.78, 5) is 34.3. The van der Waals surface area contributed by atoms with Crippen molar-refractivity contribution >= 4 is 39.6 Å². The van der Waals surface area contributed by atoms with E-state index >= 15 is 0 Å². The van der Waals surface area contributed by atoms with Crippen LogP contribution in [0.2, 0.25) is 0 Å². The number of urea groups is 1. The molecule has 3 aliphatic rings. The number of nitrogens with zero attached hydrogens (tertiary/aromatic N) is 5. The van der Waals surface area contributed by atoms with Crippen LogP contribution < -0.4 is 5.32 Å². The number of alkyl halides is 3. The summed E-state index contributed by atoms with van der Waals surface area (Å²) in [6, 6.07) is 7.58. The predicted molar refractivity (Wildman–Crippen MR) is 149 cm³/mol. The Morgan fingerprint density at radius 3 is 2.67 bits per heavy atom. The van der Waals surface area contributed by atoms with Crippen molar-refractivity contribution in [2.45, 2.75) is 32.1 Å². The van der Waals surface area contributed by atoms with Gasteiger partial charge in [-0.05, 0) is 54.2 Å². The molecule has 0 radical (unpaired) electrons. The number of hydrogen-bond acceptors (Lipinski definition) is 4. The van der Waals surface area contributed by atoms with Gasteiger partial charge in [0.25, 0.3) is 5.91 Å². The molecule has 12 heteroatoms. The first-order valence-electron chi connectivity index (χ1n) is 14.0. The average Bonchev–Trinajstić information content (AvgIpc) is 3.65. The van der Waals surface area contributed by atoms with Gasteiger partial charge < -0.3 is 24.8 Å². The van der Waals surface area contributed by atoms with Crippen LogP contribution in [-0.2, 0) is 24.1 Å². The van der Waals surface area contributed by atoms with Gasteiger partial charge in [-0.2, -0.15) is 13.2 Å². The fourth-order valence-electron chi connectivity index (χ4n) is 6.51. The van der Waals surface area contributed by atoms with Crippen LogP contribution in [0.5, 0.6) is 0 Å². The van der Waals surface area contributed by atoms with E-state index < -0.39 is 11.7 Å². The number of halogens is 3. The Morgan fingerprint density at radius 2 is 1.90 bits per heavy atom. The Morgan fingerprint density at radius 1 is 1.10 bits per heavy atom. The van der Waals surface area contributed by atoms with Gasteiger partial charge in [-0.3, -0.25) is 9.20 Å². The standard InChI is InChI=1S/C30H29F3N6O3/c31-30(32,33)20-11-19-15-38(29(42)36-7-4-18(17-40)5-8-36)10-9-37-16-23(21(12-20)27(19)37)22-13-35-28(41)26(22)24-14-34-25-3-1-2-6-39(24)25/h1-3,6,11-12,14,16,18,40H,4-5,7-10,13,15,17H2,(H,35,41). The average molecular weight is 579 g/mol. The Bertz CT molecular complexity index is 1760. The first-order valence-corrected chi connectivity index (χ1v) is 14.0. The van der Waals surface area contributed by atoms with Crippen molar-refractivity contribution in [1.29, 1.82) is 0 Å². The lowest BCUT2D eigenvalue weighted by molar-refractivity contribution is -0.137. The van der Waals surface area contributed by atoms with Crippen molar-refractivity contribution in [2.75, 3.05) is 32.8 Å². The number of aliphatic hydroxyl groups is 1. The number of aromatic nitrogens is 3. The molecule has 9 nitrogen and oxygen atoms in total. The van der Waals surface area contributed by atoms with E-state index in [9.17, 15) is 27.9 Å². The fraction of sp³-hybridized carbons (Fsp3) is 0.367. The largest absolute Gasteiger partial charge is 0.416 e. The third-order valence-electron chi connectivity index (χ3n) is 8.72. The predicted octanol–water partition coefficient (Wildman–Crippen LogP) is 3.99. The second kappa shape index (κ2) is 9.90. The van der Waals surface area contributed by atoms with Crippen LogP contribution in [0.1, 0.15) is 35.2 Å². The van der Waals surface area contributed by atoms with Crippen LogP contribution >= 0.6 is 0 Å². The first-order chi connectivity index (χ1) is 20.2. The highest BCUT2D eigenvalue weighted by molar-refractivity contribution is 6.31. The van der Waals surface area contributed by atoms with Crippen LogP contribution in [0.15, 0.2) is 48.9 Å². The number of rotatable bonds is 3. The van der Waals surface area contributed by atoms with Gasteiger partial charge >= 0.3 is 12.2 Å². The van der Waals surface area contributed by atoms with Gasteiger partial charge in [0.15, 0.2) is 0 Å². The van der Waals surface area contributed by atoms with E-state index in [1.165, 1.54) is 0 Å². The molecule has 0 aliphatic carbocycles. The molecule has 6 heterocycles. The highest BCUT2D eigenvalue weighted by Gasteiger charge is 2.36. The summed E-state index contributed by atoms with van der Waals surface area (Å²) in [6.45, 7) is 2.04. The Hall–Kier alpha value is -4.32. The second-order valence-electron chi connectivity index (χ2n) is 11.2. The van der Waals surface area contributed by atoms with E-state index in [0.717, 1.165) is 12.1 Å². The maximum absolute atomic E-state index is 14.2. The monoisotopic (exact) mass is 578 g/mol. The van der Waals surface area contributed by atoms with Crippen molar-refractivity contribution in [2.24, 2.45) is 5.92 Å². The zero-order valence-corrected chi connectivity index (χ0v) is 22.7. The van der Waals surface area contributed by atoms with E-state index in [4.69, 9.17) is 0 Å². The molecule has 4 aromatic rings. The summed E-state index contributed by atoms with van der Waals surface area (Å²) >= 11 is 0. The highest BCUT2D eigenvalue weighted by Crippen LogP contribution is 2.41. The number of carbonyl (C=O) groups is 2. The van der Waals surface area contributed by atoms with Crippen molar-refractivity contribution in [3.05, 3.63) is 71.3 Å². The quantitative estimate of drug-likeness (QED) is 0.385. The van der Waals surface area contributed by atoms with Crippen LogP contribution in [0.25, 0.3) is 27.7 Å². The molecule has 0 spiro atoms. The van der Waals surface area contributed by atoms with Gasteiger partial charge in [0.05, 0.1) is 28.5 Å². The smallest absolute Gasteiger partial charge is 0.396 e. The van der Waals surface area contributed by atoms with Gasteiger partial charge in [-0.25, -0.2) is 9.78 Å². The summed E-state index contributed by atoms with van der Waals surface area (Å²) in [7, 11) is 0. The maximum Gasteiger partial charge on any atom is 0.416 e. The molecule has 1 fully saturated rings. The summed E-state index contributed by atoms with van der Waals surface area (Å²) in [5.41, 5.74) is 3.03. The molecular weight excluding hydrogens is 549 g/mol. The van der Waals surface area contributed by atoms with Crippen LogP contribution in [0.4, 0.5) is 18.0 Å². The molecule has 3 aromatic heterocycles. The number of fused-ring (bicyclic) bond motifs is 1. The molecule has 0 saturated carbocycles. The molecule has 2 N–H and O–H groups in total. The molecule has 0 unspecified atom stereocenters. The number of nitrogens with one attached hydrogen (secondary N) is 1. The zero-order chi connectivity index (χ0) is 29.2. The maximum atomic E-state index is 14.2. The molecular formula is C30H29F3N6O3. The van der Waals surface area contributed by atoms with Gasteiger partial charge in [-0.1, -0.05) is 6.07 Å². The number of benzene rings is 1. The van der Waals surface area contributed by atoms with E-state index in [1.54, 1.807) is 26.6 Å². The third kappa shape index (κ3) is 4.32. The molecule has 3 amide bonds. The van der Waals surface area contributed by atoms with Crippen LogP contribution in [0.3, 0.4) is 0 Å². The molecule has 1 aromatic carbocycles. The van der Waals surface area contributed by atoms with E-state index in [2.05, 4.69) is 10.3 Å². The van der Waals surface area contributed by atoms with Gasteiger partial charge in [0.1, 0.15) is 5.65 Å². The van der Waals surface area contributed by atoms with Gasteiger partial charge in [-0.15, -0.1) is 0 Å². The minimum Gasteiger partial charge on any atom is -0.396 e. The number of aliphatic hydroxyl groups excluding tert-OH is 1. The third-order valence-corrected chi connectivity index (χ3v) is 8.72. The number of carbonyl (C=O) groups excluding carboxylic acids is 2. The van der Waals surface area contributed by atoms with Gasteiger partial charge in [0.2, 0.25) is 0 Å². The van der Waals surface area contributed by atoms with Crippen LogP contribution in [0, 0.1) is 5.92 Å².